The van der Waals surface area contributed by atoms with E-state index < -0.39 is 35.6 Å². The number of urea groups is 2. The Morgan fingerprint density at radius 1 is 0.687 bits per heavy atom. The van der Waals surface area contributed by atoms with Crippen LogP contribution in [0.5, 0.6) is 11.8 Å². The van der Waals surface area contributed by atoms with Crippen LogP contribution >= 0.6 is 0 Å². The maximum absolute atomic E-state index is 13.2. The smallest absolute Gasteiger partial charge is 0.356 e. The number of hydrogen-bond acceptors (Lipinski definition) is 19. The molecule has 6 aliphatic heterocycles. The van der Waals surface area contributed by atoms with E-state index in [1.165, 1.54) is 42.9 Å². The summed E-state index contributed by atoms with van der Waals surface area (Å²) in [5.74, 6) is -1.09. The van der Waals surface area contributed by atoms with Gasteiger partial charge < -0.3 is 48.1 Å². The summed E-state index contributed by atoms with van der Waals surface area (Å²) in [4.78, 5) is 82.6. The van der Waals surface area contributed by atoms with E-state index in [1.54, 1.807) is 23.1 Å². The highest BCUT2D eigenvalue weighted by Gasteiger charge is 2.42. The summed E-state index contributed by atoms with van der Waals surface area (Å²) in [6.07, 6.45) is 6.83. The molecular weight excluding hydrogens is 877 g/mol. The molecule has 0 spiro atoms. The van der Waals surface area contributed by atoms with Gasteiger partial charge in [0.25, 0.3) is 0 Å². The summed E-state index contributed by atoms with van der Waals surface area (Å²) in [6.45, 7) is 11.7. The maximum atomic E-state index is 13.2. The molecule has 4 aromatic rings. The third-order valence-electron chi connectivity index (χ3n) is 11.7. The van der Waals surface area contributed by atoms with Crippen LogP contribution in [0.2, 0.25) is 0 Å². The van der Waals surface area contributed by atoms with Crippen molar-refractivity contribution in [3.63, 3.8) is 0 Å². The number of pyridine rings is 2. The van der Waals surface area contributed by atoms with E-state index in [4.69, 9.17) is 33.2 Å². The van der Waals surface area contributed by atoms with Crippen molar-refractivity contribution in [2.45, 2.75) is 76.4 Å². The molecule has 6 aliphatic rings. The van der Waals surface area contributed by atoms with E-state index in [0.717, 1.165) is 37.3 Å². The largest absolute Gasteiger partial charge is 0.477 e. The van der Waals surface area contributed by atoms with Crippen LogP contribution in [0.1, 0.15) is 61.5 Å². The van der Waals surface area contributed by atoms with Crippen LogP contribution in [-0.4, -0.2) is 155 Å². The standard InChI is InChI=1S/C22H26N6O6.C21H24N6O6/c1-22(2)33-12-14(34-22)11-32-18-9-23-17(8-24-18)26-21(30)28-13-6-7-27(10-13)16-5-4-15(20(29)31-3)25-19(16)28;1-21(2)32-11-13(33-21)10-31-17-8-22-16(7-23-17)25-20(30)27-12-5-6-26(9-12)15-4-3-14(19(28)29)24-18(15)27/h4-5,8-9,13-14H,6-7,10-12H2,1-3H3,(H,23,26,30);3-4,7-8,12-13H,5-6,9-11H2,1-2H3,(H,28,29)(H,22,25,30)/t13-,14+;12-,13+/m00/s1. The predicted octanol–water partition coefficient (Wildman–Crippen LogP) is 3.55. The number of fused-ring (bicyclic) bond motifs is 8. The average molecular weight is 927 g/mol. The van der Waals surface area contributed by atoms with E-state index in [-0.39, 0.29) is 60.5 Å². The van der Waals surface area contributed by atoms with Gasteiger partial charge in [0.15, 0.2) is 46.2 Å². The molecule has 10 rings (SSSR count). The lowest BCUT2D eigenvalue weighted by Crippen LogP contribution is -2.48. The van der Waals surface area contributed by atoms with Crippen LogP contribution in [0, 0.1) is 0 Å². The molecule has 0 unspecified atom stereocenters. The highest BCUT2D eigenvalue weighted by atomic mass is 16.8. The van der Waals surface area contributed by atoms with Crippen molar-refractivity contribution in [3.8, 4) is 11.8 Å². The minimum absolute atomic E-state index is 0.0682. The Balaban J connectivity index is 0.000000168. The van der Waals surface area contributed by atoms with E-state index in [9.17, 15) is 24.3 Å². The Morgan fingerprint density at radius 2 is 1.15 bits per heavy atom. The van der Waals surface area contributed by atoms with Crippen molar-refractivity contribution in [1.29, 1.82) is 0 Å². The van der Waals surface area contributed by atoms with Gasteiger partial charge in [0.05, 0.1) is 68.6 Å². The van der Waals surface area contributed by atoms with E-state index in [2.05, 4.69) is 50.3 Å². The number of carboxylic acids is 1. The van der Waals surface area contributed by atoms with Crippen molar-refractivity contribution in [2.75, 3.05) is 89.9 Å². The predicted molar refractivity (Wildman–Crippen MR) is 236 cm³/mol. The van der Waals surface area contributed by atoms with Gasteiger partial charge in [-0.15, -0.1) is 0 Å². The number of anilines is 6. The number of ether oxygens (including phenoxy) is 7. The number of nitrogens with zero attached hydrogens (tertiary/aromatic N) is 10. The van der Waals surface area contributed by atoms with Gasteiger partial charge >= 0.3 is 24.0 Å². The molecule has 24 heteroatoms. The number of amides is 4. The Morgan fingerprint density at radius 3 is 1.55 bits per heavy atom. The zero-order valence-electron chi connectivity index (χ0n) is 37.4. The number of rotatable bonds is 10. The van der Waals surface area contributed by atoms with Crippen molar-refractivity contribution >= 4 is 58.6 Å². The molecule has 354 valence electrons. The first kappa shape index (κ1) is 45.1. The molecule has 3 N–H and O–H groups in total. The Kier molecular flexibility index (Phi) is 12.4. The number of carboxylic acid groups (broad SMARTS) is 1. The van der Waals surface area contributed by atoms with Crippen LogP contribution in [-0.2, 0) is 23.7 Å². The number of aromatic nitrogens is 6. The number of methoxy groups -OCH3 is 1. The zero-order valence-corrected chi connectivity index (χ0v) is 37.4. The van der Waals surface area contributed by atoms with Crippen molar-refractivity contribution < 1.29 is 57.4 Å². The van der Waals surface area contributed by atoms with E-state index in [1.807, 2.05) is 27.7 Å². The van der Waals surface area contributed by atoms with Crippen LogP contribution in [0.4, 0.5) is 44.2 Å². The number of nitrogens with one attached hydrogen (secondary N) is 2. The fraction of sp³-hybridized carbons (Fsp3) is 0.488. The van der Waals surface area contributed by atoms with Gasteiger partial charge in [-0.2, -0.15) is 0 Å². The minimum Gasteiger partial charge on any atom is -0.477 e. The van der Waals surface area contributed by atoms with Gasteiger partial charge in [0, 0.05) is 26.2 Å². The molecule has 0 aromatic carbocycles. The quantitative estimate of drug-likeness (QED) is 0.192. The molecule has 67 heavy (non-hydrogen) atoms. The van der Waals surface area contributed by atoms with Gasteiger partial charge in [0.2, 0.25) is 11.8 Å². The second-order valence-electron chi connectivity index (χ2n) is 17.3. The molecule has 0 aliphatic carbocycles. The molecule has 4 bridgehead atoms. The molecule has 4 saturated heterocycles. The summed E-state index contributed by atoms with van der Waals surface area (Å²) in [5, 5.41) is 14.8. The number of carbonyl (C=O) groups is 4. The lowest BCUT2D eigenvalue weighted by molar-refractivity contribution is -0.142. The molecule has 4 fully saturated rings. The fourth-order valence-electron chi connectivity index (χ4n) is 8.58. The average Bonchev–Trinajstić information content (AvgIpc) is 4.11. The monoisotopic (exact) mass is 926 g/mol. The summed E-state index contributed by atoms with van der Waals surface area (Å²) < 4.78 is 38.4. The second kappa shape index (κ2) is 18.3. The lowest BCUT2D eigenvalue weighted by atomic mass is 10.2. The molecule has 4 atom stereocenters. The summed E-state index contributed by atoms with van der Waals surface area (Å²) in [6, 6.07) is 5.52. The second-order valence-corrected chi connectivity index (χ2v) is 17.3. The van der Waals surface area contributed by atoms with Gasteiger partial charge in [-0.05, 0) is 64.8 Å². The van der Waals surface area contributed by atoms with Crippen LogP contribution < -0.4 is 39.7 Å². The Hall–Kier alpha value is -7.02. The first-order valence-corrected chi connectivity index (χ1v) is 21.7. The molecule has 0 saturated carbocycles. The summed E-state index contributed by atoms with van der Waals surface area (Å²) >= 11 is 0. The number of hydrogen-bond donors (Lipinski definition) is 3. The van der Waals surface area contributed by atoms with E-state index >= 15 is 0 Å². The number of carbonyl (C=O) groups excluding carboxylic acids is 3. The molecule has 4 amide bonds. The first-order chi connectivity index (χ1) is 32.1. The fourth-order valence-corrected chi connectivity index (χ4v) is 8.58. The normalized spacial score (nSPS) is 22.5. The molecular formula is C43H50N12O12. The van der Waals surface area contributed by atoms with Gasteiger partial charge in [-0.1, -0.05) is 0 Å². The molecule has 4 aromatic heterocycles. The highest BCUT2D eigenvalue weighted by molar-refractivity contribution is 6.05. The Bertz CT molecular complexity index is 2520. The molecule has 0 radical (unpaired) electrons. The van der Waals surface area contributed by atoms with Crippen molar-refractivity contribution in [1.82, 2.24) is 29.9 Å². The number of esters is 1. The van der Waals surface area contributed by atoms with Gasteiger partial charge in [0.1, 0.15) is 25.4 Å². The topological polar surface area (TPSA) is 267 Å². The summed E-state index contributed by atoms with van der Waals surface area (Å²) in [5.41, 5.74) is 1.56. The summed E-state index contributed by atoms with van der Waals surface area (Å²) in [7, 11) is 1.29. The molecule has 24 nitrogen and oxygen atoms in total. The van der Waals surface area contributed by atoms with Crippen molar-refractivity contribution in [3.05, 3.63) is 60.4 Å². The maximum Gasteiger partial charge on any atom is 0.356 e. The minimum atomic E-state index is -1.15. The Labute approximate surface area is 383 Å². The molecule has 10 heterocycles. The van der Waals surface area contributed by atoms with Gasteiger partial charge in [-0.3, -0.25) is 20.4 Å². The van der Waals surface area contributed by atoms with Crippen molar-refractivity contribution in [2.24, 2.45) is 0 Å². The third kappa shape index (κ3) is 9.91. The lowest BCUT2D eigenvalue weighted by Gasteiger charge is -2.35. The van der Waals surface area contributed by atoms with Crippen LogP contribution in [0.25, 0.3) is 0 Å². The SMILES string of the molecule is CC1(C)OC[C@@H](COc2cnc(NC(=O)N3c4nc(C(=O)O)ccc4N4CC[C@H]3C4)cn2)O1.COC(=O)c1ccc2c(n1)N(C(=O)Nc1cnc(OC[C@@H]3COC(C)(C)O3)cn1)[C@H]1CCN2C1. The highest BCUT2D eigenvalue weighted by Crippen LogP contribution is 2.40. The number of aromatic carboxylic acids is 1. The first-order valence-electron chi connectivity index (χ1n) is 21.7. The van der Waals surface area contributed by atoms with Crippen LogP contribution in [0.3, 0.4) is 0 Å². The van der Waals surface area contributed by atoms with Crippen LogP contribution in [0.15, 0.2) is 49.1 Å². The third-order valence-corrected chi connectivity index (χ3v) is 11.7. The van der Waals surface area contributed by atoms with Gasteiger partial charge in [-0.25, -0.2) is 49.1 Å². The van der Waals surface area contributed by atoms with E-state index in [0.29, 0.717) is 49.7 Å². The zero-order chi connectivity index (χ0) is 47.0.